The Labute approximate surface area is 229 Å². The minimum atomic E-state index is -4.52. The molecule has 40 heavy (non-hydrogen) atoms. The van der Waals surface area contributed by atoms with Gasteiger partial charge in [0.1, 0.15) is 4.90 Å². The van der Waals surface area contributed by atoms with Gasteiger partial charge in [-0.1, -0.05) is 36.4 Å². The van der Waals surface area contributed by atoms with Crippen LogP contribution >= 0.6 is 0 Å². The van der Waals surface area contributed by atoms with Gasteiger partial charge in [-0.05, 0) is 60.9 Å². The zero-order chi connectivity index (χ0) is 28.5. The number of fused-ring (bicyclic) bond motifs is 1. The minimum Gasteiger partial charge on any atom is -0.389 e. The SMILES string of the molecule is O=C(c1ccc(NS(=O)(=O)c2cccc3cccnc23)cc1)N1CCC(O)(Cc2ccccc2C(F)(F)F)CC1. The van der Waals surface area contributed by atoms with Crippen LogP contribution in [0.5, 0.6) is 0 Å². The van der Waals surface area contributed by atoms with Crippen molar-refractivity contribution in [1.82, 2.24) is 9.88 Å². The molecule has 1 fully saturated rings. The molecule has 2 N–H and O–H groups in total. The maximum Gasteiger partial charge on any atom is 0.416 e. The van der Waals surface area contributed by atoms with Gasteiger partial charge in [-0.2, -0.15) is 13.2 Å². The van der Waals surface area contributed by atoms with Gasteiger partial charge in [-0.15, -0.1) is 0 Å². The molecule has 2 heterocycles. The highest BCUT2D eigenvalue weighted by atomic mass is 32.2. The average molecular weight is 570 g/mol. The average Bonchev–Trinajstić information content (AvgIpc) is 2.92. The van der Waals surface area contributed by atoms with Crippen molar-refractivity contribution < 1.29 is 31.5 Å². The Balaban J connectivity index is 1.23. The van der Waals surface area contributed by atoms with Crippen molar-refractivity contribution in [3.05, 3.63) is 102 Å². The lowest BCUT2D eigenvalue weighted by Crippen LogP contribution is -2.48. The number of likely N-dealkylation sites (tertiary alicyclic amines) is 1. The molecule has 1 aliphatic rings. The van der Waals surface area contributed by atoms with E-state index in [4.69, 9.17) is 0 Å². The largest absolute Gasteiger partial charge is 0.416 e. The summed E-state index contributed by atoms with van der Waals surface area (Å²) in [5.41, 5.74) is -1.18. The molecule has 0 bridgehead atoms. The van der Waals surface area contributed by atoms with Gasteiger partial charge in [0, 0.05) is 42.3 Å². The van der Waals surface area contributed by atoms with Gasteiger partial charge in [0.2, 0.25) is 0 Å². The summed E-state index contributed by atoms with van der Waals surface area (Å²) in [5.74, 6) is -0.314. The maximum atomic E-state index is 13.4. The van der Waals surface area contributed by atoms with E-state index in [1.165, 1.54) is 59.6 Å². The molecule has 5 rings (SSSR count). The number of amides is 1. The lowest BCUT2D eigenvalue weighted by molar-refractivity contribution is -0.138. The standard InChI is InChI=1S/C29H26F3N3O4S/c30-29(31,32)24-8-2-1-5-22(24)19-28(37)14-17-35(18-15-28)27(36)21-10-12-23(13-11-21)34-40(38,39)25-9-3-6-20-7-4-16-33-26(20)25/h1-13,16,34,37H,14-15,17-19H2. The molecule has 3 aromatic carbocycles. The van der Waals surface area contributed by atoms with E-state index in [0.717, 1.165) is 6.07 Å². The third kappa shape index (κ3) is 5.80. The Morgan fingerprint density at radius 3 is 2.33 bits per heavy atom. The highest BCUT2D eigenvalue weighted by molar-refractivity contribution is 7.93. The monoisotopic (exact) mass is 569 g/mol. The molecule has 4 aromatic rings. The number of hydrogen-bond acceptors (Lipinski definition) is 5. The Bertz CT molecular complexity index is 1640. The third-order valence-electron chi connectivity index (χ3n) is 7.09. The summed E-state index contributed by atoms with van der Waals surface area (Å²) in [6.07, 6.45) is -2.91. The molecule has 1 amide bonds. The number of para-hydroxylation sites is 1. The highest BCUT2D eigenvalue weighted by Gasteiger charge is 2.38. The Hall–Kier alpha value is -3.96. The molecular formula is C29H26F3N3O4S. The number of pyridine rings is 1. The minimum absolute atomic E-state index is 0.0228. The number of nitrogens with zero attached hydrogens (tertiary/aromatic N) is 2. The second-order valence-corrected chi connectivity index (χ2v) is 11.5. The van der Waals surface area contributed by atoms with Gasteiger partial charge in [0.05, 0.1) is 16.7 Å². The van der Waals surface area contributed by atoms with Gasteiger partial charge in [0.15, 0.2) is 0 Å². The molecule has 0 atom stereocenters. The van der Waals surface area contributed by atoms with E-state index in [0.29, 0.717) is 16.5 Å². The first kappa shape index (κ1) is 27.6. The number of aliphatic hydroxyl groups is 1. The number of carbonyl (C=O) groups excluding carboxylic acids is 1. The Morgan fingerprint density at radius 1 is 0.950 bits per heavy atom. The number of carbonyl (C=O) groups is 1. The van der Waals surface area contributed by atoms with Crippen molar-refractivity contribution in [2.75, 3.05) is 17.8 Å². The van der Waals surface area contributed by atoms with Crippen LogP contribution in [0.1, 0.15) is 34.3 Å². The van der Waals surface area contributed by atoms with Crippen LogP contribution in [0.3, 0.4) is 0 Å². The van der Waals surface area contributed by atoms with Gasteiger partial charge in [-0.25, -0.2) is 8.42 Å². The smallest absolute Gasteiger partial charge is 0.389 e. The number of sulfonamides is 1. The summed E-state index contributed by atoms with van der Waals surface area (Å²) < 4.78 is 68.7. The molecule has 0 spiro atoms. The predicted molar refractivity (Wildman–Crippen MR) is 144 cm³/mol. The van der Waals surface area contributed by atoms with Crippen molar-refractivity contribution >= 4 is 32.5 Å². The first-order valence-electron chi connectivity index (χ1n) is 12.6. The van der Waals surface area contributed by atoms with E-state index in [2.05, 4.69) is 9.71 Å². The molecule has 0 aliphatic carbocycles. The molecule has 0 unspecified atom stereocenters. The Kier molecular flexibility index (Phi) is 7.28. The number of nitrogens with one attached hydrogen (secondary N) is 1. The molecule has 0 saturated carbocycles. The summed E-state index contributed by atoms with van der Waals surface area (Å²) in [4.78, 5) is 18.8. The number of aromatic nitrogens is 1. The van der Waals surface area contributed by atoms with Crippen LogP contribution in [0.2, 0.25) is 0 Å². The van der Waals surface area contributed by atoms with Crippen LogP contribution in [0.15, 0.2) is 90.0 Å². The summed E-state index contributed by atoms with van der Waals surface area (Å²) in [7, 11) is -3.95. The van der Waals surface area contributed by atoms with E-state index in [9.17, 15) is 31.5 Å². The Morgan fingerprint density at radius 2 is 1.62 bits per heavy atom. The number of rotatable bonds is 6. The van der Waals surface area contributed by atoms with Crippen molar-refractivity contribution in [2.24, 2.45) is 0 Å². The molecule has 0 radical (unpaired) electrons. The van der Waals surface area contributed by atoms with Crippen molar-refractivity contribution in [1.29, 1.82) is 0 Å². The third-order valence-corrected chi connectivity index (χ3v) is 8.51. The van der Waals surface area contributed by atoms with Crippen LogP contribution < -0.4 is 4.72 Å². The normalized spacial score (nSPS) is 15.7. The molecule has 7 nitrogen and oxygen atoms in total. The first-order chi connectivity index (χ1) is 19.0. The predicted octanol–water partition coefficient (Wildman–Crippen LogP) is 5.26. The van der Waals surface area contributed by atoms with E-state index in [1.807, 2.05) is 0 Å². The number of alkyl halides is 3. The fourth-order valence-electron chi connectivity index (χ4n) is 4.97. The highest BCUT2D eigenvalue weighted by Crippen LogP contribution is 2.35. The van der Waals surface area contributed by atoms with Crippen LogP contribution in [0.4, 0.5) is 18.9 Å². The quantitative estimate of drug-likeness (QED) is 0.330. The zero-order valence-corrected chi connectivity index (χ0v) is 22.0. The topological polar surface area (TPSA) is 99.6 Å². The van der Waals surface area contributed by atoms with Gasteiger partial charge in [-0.3, -0.25) is 14.5 Å². The maximum absolute atomic E-state index is 13.4. The molecule has 1 aromatic heterocycles. The van der Waals surface area contributed by atoms with Gasteiger partial charge in [0.25, 0.3) is 15.9 Å². The van der Waals surface area contributed by atoms with Crippen molar-refractivity contribution in [3.8, 4) is 0 Å². The fraction of sp³-hybridized carbons (Fsp3) is 0.241. The zero-order valence-electron chi connectivity index (χ0n) is 21.2. The summed E-state index contributed by atoms with van der Waals surface area (Å²) >= 11 is 0. The van der Waals surface area contributed by atoms with Crippen LogP contribution in [0, 0.1) is 0 Å². The lowest BCUT2D eigenvalue weighted by Gasteiger charge is -2.38. The van der Waals surface area contributed by atoms with Crippen LogP contribution in [-0.4, -0.2) is 48.0 Å². The van der Waals surface area contributed by atoms with E-state index < -0.39 is 27.4 Å². The summed E-state index contributed by atoms with van der Waals surface area (Å²) in [6, 6.07) is 19.5. The van der Waals surface area contributed by atoms with Gasteiger partial charge < -0.3 is 10.0 Å². The van der Waals surface area contributed by atoms with E-state index in [1.54, 1.807) is 24.3 Å². The molecule has 11 heteroatoms. The number of hydrogen-bond donors (Lipinski definition) is 2. The second kappa shape index (κ2) is 10.5. The number of piperidine rings is 1. The van der Waals surface area contributed by atoms with E-state index in [-0.39, 0.29) is 54.4 Å². The number of halogens is 3. The van der Waals surface area contributed by atoms with E-state index >= 15 is 0 Å². The van der Waals surface area contributed by atoms with Crippen LogP contribution in [0.25, 0.3) is 10.9 Å². The van der Waals surface area contributed by atoms with Crippen LogP contribution in [-0.2, 0) is 22.6 Å². The summed E-state index contributed by atoms with van der Waals surface area (Å²) in [6.45, 7) is 0.345. The number of anilines is 1. The van der Waals surface area contributed by atoms with Crippen molar-refractivity contribution in [3.63, 3.8) is 0 Å². The molecule has 1 aliphatic heterocycles. The van der Waals surface area contributed by atoms with Gasteiger partial charge >= 0.3 is 6.18 Å². The first-order valence-corrected chi connectivity index (χ1v) is 14.1. The molecule has 208 valence electrons. The summed E-state index contributed by atoms with van der Waals surface area (Å²) in [5, 5.41) is 11.7. The molecular weight excluding hydrogens is 543 g/mol. The fourth-order valence-corrected chi connectivity index (χ4v) is 6.21. The van der Waals surface area contributed by atoms with Crippen molar-refractivity contribution in [2.45, 2.75) is 35.9 Å². The molecule has 1 saturated heterocycles. The lowest BCUT2D eigenvalue weighted by atomic mass is 9.83. The number of benzene rings is 3. The second-order valence-electron chi connectivity index (χ2n) is 9.86.